The number of aromatic hydroxyl groups is 1. The van der Waals surface area contributed by atoms with Gasteiger partial charge in [0.25, 0.3) is 5.56 Å². The summed E-state index contributed by atoms with van der Waals surface area (Å²) in [4.78, 5) is 27.8. The topological polar surface area (TPSA) is 93.2 Å². The minimum absolute atomic E-state index is 0.0666. The molecule has 7 heteroatoms. The Balaban J connectivity index is 2.21. The maximum atomic E-state index is 11.9. The standard InChI is InChI=1S/C13H20N4O3/c1-16-11(18)10(12(19)17(2)13(16)20)8-15-7-9-3-5-14-6-4-9/h8-9,14,18H,3-7H2,1-2H3/p+1. The summed E-state index contributed by atoms with van der Waals surface area (Å²) < 4.78 is 2.01. The van der Waals surface area contributed by atoms with E-state index in [4.69, 9.17) is 0 Å². The van der Waals surface area contributed by atoms with Crippen molar-refractivity contribution in [3.05, 3.63) is 26.4 Å². The summed E-state index contributed by atoms with van der Waals surface area (Å²) in [7, 11) is 2.81. The number of nitrogens with zero attached hydrogens (tertiary/aromatic N) is 3. The van der Waals surface area contributed by atoms with Gasteiger partial charge in [0.15, 0.2) is 0 Å². The van der Waals surface area contributed by atoms with Crippen molar-refractivity contribution in [1.29, 1.82) is 0 Å². The highest BCUT2D eigenvalue weighted by Crippen LogP contribution is 2.10. The average molecular weight is 281 g/mol. The van der Waals surface area contributed by atoms with Gasteiger partial charge in [-0.2, -0.15) is 0 Å². The van der Waals surface area contributed by atoms with E-state index in [1.165, 1.54) is 20.3 Å². The van der Waals surface area contributed by atoms with Crippen molar-refractivity contribution >= 4 is 6.21 Å². The van der Waals surface area contributed by atoms with Gasteiger partial charge in [-0.25, -0.2) is 4.79 Å². The third kappa shape index (κ3) is 2.82. The second-order valence-electron chi connectivity index (χ2n) is 5.25. The molecule has 1 aromatic rings. The number of aromatic nitrogens is 2. The van der Waals surface area contributed by atoms with Crippen LogP contribution in [0.1, 0.15) is 18.4 Å². The summed E-state index contributed by atoms with van der Waals surface area (Å²) in [6.45, 7) is 2.89. The van der Waals surface area contributed by atoms with E-state index < -0.39 is 11.2 Å². The first kappa shape index (κ1) is 14.5. The first-order chi connectivity index (χ1) is 9.52. The van der Waals surface area contributed by atoms with Crippen LogP contribution in [-0.4, -0.2) is 40.1 Å². The molecule has 0 atom stereocenters. The molecule has 0 radical (unpaired) electrons. The van der Waals surface area contributed by atoms with Gasteiger partial charge in [0.1, 0.15) is 5.56 Å². The van der Waals surface area contributed by atoms with Crippen molar-refractivity contribution in [1.82, 2.24) is 9.13 Å². The molecule has 20 heavy (non-hydrogen) atoms. The fourth-order valence-electron chi connectivity index (χ4n) is 2.44. The first-order valence-electron chi connectivity index (χ1n) is 6.83. The van der Waals surface area contributed by atoms with Crippen LogP contribution < -0.4 is 16.6 Å². The Hall–Kier alpha value is -1.89. The van der Waals surface area contributed by atoms with E-state index in [-0.39, 0.29) is 11.4 Å². The SMILES string of the molecule is Cn1c(O)c(C=NCC2CC[NH2+]CC2)c(=O)n(C)c1=O. The highest BCUT2D eigenvalue weighted by Gasteiger charge is 2.15. The van der Waals surface area contributed by atoms with Crippen LogP contribution in [0.2, 0.25) is 0 Å². The van der Waals surface area contributed by atoms with E-state index in [1.807, 2.05) is 0 Å². The van der Waals surface area contributed by atoms with E-state index in [9.17, 15) is 14.7 Å². The predicted octanol–water partition coefficient (Wildman–Crippen LogP) is -1.82. The monoisotopic (exact) mass is 281 g/mol. The van der Waals surface area contributed by atoms with Crippen molar-refractivity contribution in [3.63, 3.8) is 0 Å². The van der Waals surface area contributed by atoms with E-state index in [2.05, 4.69) is 10.3 Å². The summed E-state index contributed by atoms with van der Waals surface area (Å²) in [5.74, 6) is 0.202. The molecule has 1 fully saturated rings. The molecule has 0 unspecified atom stereocenters. The molecular weight excluding hydrogens is 260 g/mol. The van der Waals surface area contributed by atoms with E-state index >= 15 is 0 Å². The summed E-state index contributed by atoms with van der Waals surface area (Å²) in [6, 6.07) is 0. The van der Waals surface area contributed by atoms with Crippen LogP contribution in [0.15, 0.2) is 14.6 Å². The lowest BCUT2D eigenvalue weighted by Gasteiger charge is -2.17. The second-order valence-corrected chi connectivity index (χ2v) is 5.25. The molecule has 1 saturated heterocycles. The molecule has 7 nitrogen and oxygen atoms in total. The average Bonchev–Trinajstić information content (AvgIpc) is 2.48. The highest BCUT2D eigenvalue weighted by molar-refractivity contribution is 5.81. The number of hydrogen-bond donors (Lipinski definition) is 2. The Bertz CT molecular complexity index is 624. The van der Waals surface area contributed by atoms with Gasteiger partial charge in [0.05, 0.1) is 13.1 Å². The molecule has 2 rings (SSSR count). The van der Waals surface area contributed by atoms with Crippen LogP contribution >= 0.6 is 0 Å². The number of hydrogen-bond acceptors (Lipinski definition) is 4. The second kappa shape index (κ2) is 6.04. The van der Waals surface area contributed by atoms with Crippen LogP contribution in [-0.2, 0) is 14.1 Å². The van der Waals surface area contributed by atoms with E-state index in [0.29, 0.717) is 12.5 Å². The Morgan fingerprint density at radius 2 is 1.95 bits per heavy atom. The van der Waals surface area contributed by atoms with Crippen molar-refractivity contribution in [3.8, 4) is 5.88 Å². The quantitative estimate of drug-likeness (QED) is 0.639. The van der Waals surface area contributed by atoms with Crippen LogP contribution in [0.25, 0.3) is 0 Å². The van der Waals surface area contributed by atoms with Crippen LogP contribution in [0.4, 0.5) is 0 Å². The molecule has 0 spiro atoms. The van der Waals surface area contributed by atoms with Crippen molar-refractivity contribution in [2.45, 2.75) is 12.8 Å². The predicted molar refractivity (Wildman–Crippen MR) is 75.4 cm³/mol. The van der Waals surface area contributed by atoms with Crippen molar-refractivity contribution in [2.75, 3.05) is 19.6 Å². The Morgan fingerprint density at radius 1 is 1.30 bits per heavy atom. The zero-order valence-electron chi connectivity index (χ0n) is 11.9. The molecule has 0 bridgehead atoms. The molecule has 2 heterocycles. The minimum atomic E-state index is -0.549. The Morgan fingerprint density at radius 3 is 2.60 bits per heavy atom. The summed E-state index contributed by atoms with van der Waals surface area (Å²) in [6.07, 6.45) is 3.62. The molecule has 110 valence electrons. The highest BCUT2D eigenvalue weighted by atomic mass is 16.3. The van der Waals surface area contributed by atoms with E-state index in [0.717, 1.165) is 35.1 Å². The smallest absolute Gasteiger partial charge is 0.333 e. The van der Waals surface area contributed by atoms with E-state index in [1.54, 1.807) is 0 Å². The fraction of sp³-hybridized carbons (Fsp3) is 0.615. The molecule has 0 amide bonds. The molecule has 0 aliphatic carbocycles. The lowest BCUT2D eigenvalue weighted by Crippen LogP contribution is -2.86. The molecule has 3 N–H and O–H groups in total. The zero-order chi connectivity index (χ0) is 14.7. The maximum Gasteiger partial charge on any atom is 0.333 e. The molecular formula is C13H21N4O3+. The molecule has 1 aromatic heterocycles. The van der Waals surface area contributed by atoms with Crippen molar-refractivity contribution < 1.29 is 10.4 Å². The van der Waals surface area contributed by atoms with Gasteiger partial charge < -0.3 is 10.4 Å². The minimum Gasteiger partial charge on any atom is -0.494 e. The third-order valence-corrected chi connectivity index (χ3v) is 3.81. The van der Waals surface area contributed by atoms with Gasteiger partial charge in [-0.05, 0) is 5.92 Å². The molecule has 0 saturated carbocycles. The van der Waals surface area contributed by atoms with Crippen LogP contribution in [0.5, 0.6) is 5.88 Å². The number of rotatable bonds is 3. The zero-order valence-corrected chi connectivity index (χ0v) is 11.9. The largest absolute Gasteiger partial charge is 0.494 e. The van der Waals surface area contributed by atoms with Gasteiger partial charge >= 0.3 is 5.69 Å². The Labute approximate surface area is 116 Å². The number of aliphatic imine (C=N–C) groups is 1. The van der Waals surface area contributed by atoms with Crippen molar-refractivity contribution in [2.24, 2.45) is 25.0 Å². The first-order valence-corrected chi connectivity index (χ1v) is 6.83. The van der Waals surface area contributed by atoms with Gasteiger partial charge in [-0.15, -0.1) is 0 Å². The molecule has 0 aromatic carbocycles. The van der Waals surface area contributed by atoms with Crippen LogP contribution in [0.3, 0.4) is 0 Å². The lowest BCUT2D eigenvalue weighted by atomic mass is 9.98. The summed E-state index contributed by atoms with van der Waals surface area (Å²) in [5.41, 5.74) is -1.00. The lowest BCUT2D eigenvalue weighted by molar-refractivity contribution is -0.664. The van der Waals surface area contributed by atoms with Crippen LogP contribution in [0, 0.1) is 5.92 Å². The van der Waals surface area contributed by atoms with Gasteiger partial charge in [0, 0.05) is 39.7 Å². The fourth-order valence-corrected chi connectivity index (χ4v) is 2.44. The molecule has 1 aliphatic heterocycles. The maximum absolute atomic E-state index is 11.9. The summed E-state index contributed by atoms with van der Waals surface area (Å²) in [5, 5.41) is 12.2. The third-order valence-electron chi connectivity index (χ3n) is 3.81. The normalized spacial score (nSPS) is 16.9. The van der Waals surface area contributed by atoms with Gasteiger partial charge in [0.2, 0.25) is 5.88 Å². The number of quaternary nitrogens is 1. The Kier molecular flexibility index (Phi) is 4.39. The number of piperidine rings is 1. The molecule has 1 aliphatic rings. The van der Waals surface area contributed by atoms with Gasteiger partial charge in [-0.3, -0.25) is 18.9 Å². The van der Waals surface area contributed by atoms with Gasteiger partial charge in [-0.1, -0.05) is 0 Å². The number of nitrogens with two attached hydrogens (primary N) is 1. The summed E-state index contributed by atoms with van der Waals surface area (Å²) >= 11 is 0.